The number of rotatable bonds is 34. The van der Waals surface area contributed by atoms with Crippen LogP contribution in [0.4, 0.5) is 0 Å². The molecule has 1 aromatic carbocycles. The number of carbonyl (C=O) groups is 1. The first-order valence-electron chi connectivity index (χ1n) is 23.3. The number of hydrogen-bond donors (Lipinski definition) is 1. The first kappa shape index (κ1) is 51.2. The third-order valence-electron chi connectivity index (χ3n) is 11.3. The second-order valence-electron chi connectivity index (χ2n) is 16.1. The maximum atomic E-state index is 13.9. The molecule has 2 aliphatic carbocycles. The first-order valence-corrected chi connectivity index (χ1v) is 23.3. The van der Waals surface area contributed by atoms with Crippen molar-refractivity contribution in [3.05, 3.63) is 56.7 Å². The van der Waals surface area contributed by atoms with E-state index >= 15 is 0 Å². The Bertz CT molecular complexity index is 1870. The van der Waals surface area contributed by atoms with Crippen LogP contribution in [0.2, 0.25) is 0 Å². The minimum atomic E-state index is -0.477. The van der Waals surface area contributed by atoms with E-state index in [-0.39, 0.29) is 24.5 Å². The number of esters is 1. The summed E-state index contributed by atoms with van der Waals surface area (Å²) in [6, 6.07) is 7.50. The van der Waals surface area contributed by atoms with Gasteiger partial charge in [-0.25, -0.2) is 14.6 Å². The molecular formula is C47H72N4O13. The molecule has 2 fully saturated rings. The van der Waals surface area contributed by atoms with Crippen LogP contribution < -0.4 is 11.2 Å². The van der Waals surface area contributed by atoms with E-state index in [1.54, 1.807) is 17.8 Å². The number of nitrogens with one attached hydrogen (secondary N) is 1. The summed E-state index contributed by atoms with van der Waals surface area (Å²) in [5, 5.41) is 0. The Balaban J connectivity index is 0.888. The molecule has 0 saturated heterocycles. The summed E-state index contributed by atoms with van der Waals surface area (Å²) in [5.41, 5.74) is 1.82. The molecule has 1 N–H and O–H groups in total. The summed E-state index contributed by atoms with van der Waals surface area (Å²) < 4.78 is 57.1. The SMILES string of the molecule is COCCOCCOCCOCCOCCOCCOCCOCCOCCOC(=O)C=Cc1ccc(-c2nc3c([nH]2)c(=O)n(CC2CCCCC2)c(=O)n3CC2CCCCC2)cc1. The molecule has 0 aliphatic heterocycles. The molecular weight excluding hydrogens is 829 g/mol. The van der Waals surface area contributed by atoms with Gasteiger partial charge in [-0.15, -0.1) is 0 Å². The zero-order valence-electron chi connectivity index (χ0n) is 38.0. The third-order valence-corrected chi connectivity index (χ3v) is 11.3. The fourth-order valence-electron chi connectivity index (χ4n) is 7.83. The lowest BCUT2D eigenvalue weighted by molar-refractivity contribution is -0.139. The highest BCUT2D eigenvalue weighted by Crippen LogP contribution is 2.27. The molecule has 0 atom stereocenters. The number of carbonyl (C=O) groups excluding carboxylic acids is 1. The first-order chi connectivity index (χ1) is 31.5. The van der Waals surface area contributed by atoms with Gasteiger partial charge in [0.25, 0.3) is 5.56 Å². The Morgan fingerprint density at radius 1 is 0.594 bits per heavy atom. The van der Waals surface area contributed by atoms with E-state index in [0.29, 0.717) is 148 Å². The van der Waals surface area contributed by atoms with E-state index in [2.05, 4.69) is 4.98 Å². The summed E-state index contributed by atoms with van der Waals surface area (Å²) in [5.74, 6) is 0.785. The molecule has 0 spiro atoms. The predicted octanol–water partition coefficient (Wildman–Crippen LogP) is 5.05. The number of hydrogen-bond acceptors (Lipinski definition) is 14. The van der Waals surface area contributed by atoms with Crippen LogP contribution >= 0.6 is 0 Å². The molecule has 2 heterocycles. The molecule has 0 unspecified atom stereocenters. The molecule has 0 amide bonds. The van der Waals surface area contributed by atoms with Crippen molar-refractivity contribution in [2.24, 2.45) is 11.8 Å². The Hall–Kier alpha value is -3.78. The van der Waals surface area contributed by atoms with Crippen molar-refractivity contribution in [3.8, 4) is 11.4 Å². The van der Waals surface area contributed by atoms with Gasteiger partial charge in [-0.2, -0.15) is 0 Å². The van der Waals surface area contributed by atoms with E-state index in [9.17, 15) is 14.4 Å². The second-order valence-corrected chi connectivity index (χ2v) is 16.1. The van der Waals surface area contributed by atoms with E-state index in [1.165, 1.54) is 36.3 Å². The maximum absolute atomic E-state index is 13.9. The van der Waals surface area contributed by atoms with Crippen molar-refractivity contribution in [2.75, 3.05) is 126 Å². The zero-order valence-corrected chi connectivity index (χ0v) is 38.0. The summed E-state index contributed by atoms with van der Waals surface area (Å²) in [7, 11) is 1.64. The van der Waals surface area contributed by atoms with Crippen molar-refractivity contribution < 1.29 is 52.2 Å². The lowest BCUT2D eigenvalue weighted by Crippen LogP contribution is -2.42. The quantitative estimate of drug-likeness (QED) is 0.0478. The standard InChI is InChI=1S/C47H72N4O13/c1-55-18-19-56-20-21-57-22-23-58-24-25-59-26-27-60-28-29-61-30-31-62-32-33-63-34-35-64-42(52)17-14-38-12-15-41(16-13-38)44-48-43-45(49-44)50(36-39-8-4-2-5-9-39)47(54)51(46(43)53)37-40-10-6-3-7-11-40/h12-17,39-40H,2-11,18-37H2,1H3,(H,48,49). The van der Waals surface area contributed by atoms with Crippen LogP contribution in [0.5, 0.6) is 0 Å². The number of H-pyrrole nitrogens is 1. The topological polar surface area (TPSA) is 182 Å². The van der Waals surface area contributed by atoms with Gasteiger partial charge in [0.05, 0.1) is 112 Å². The van der Waals surface area contributed by atoms with Gasteiger partial charge in [0.2, 0.25) is 0 Å². The van der Waals surface area contributed by atoms with Gasteiger partial charge in [-0.05, 0) is 49.2 Å². The highest BCUT2D eigenvalue weighted by Gasteiger charge is 2.24. The predicted molar refractivity (Wildman–Crippen MR) is 242 cm³/mol. The Morgan fingerprint density at radius 2 is 1.02 bits per heavy atom. The number of methoxy groups -OCH3 is 1. The van der Waals surface area contributed by atoms with Crippen LogP contribution in [0.25, 0.3) is 28.6 Å². The lowest BCUT2D eigenvalue weighted by atomic mass is 9.89. The molecule has 17 heteroatoms. The number of aromatic nitrogens is 4. The number of benzene rings is 1. The van der Waals surface area contributed by atoms with Crippen molar-refractivity contribution in [2.45, 2.75) is 77.3 Å². The van der Waals surface area contributed by atoms with Crippen LogP contribution in [-0.2, 0) is 65.3 Å². The largest absolute Gasteiger partial charge is 0.460 e. The molecule has 3 aromatic rings. The minimum absolute atomic E-state index is 0.118. The van der Waals surface area contributed by atoms with E-state index in [0.717, 1.165) is 49.7 Å². The van der Waals surface area contributed by atoms with Gasteiger partial charge in [0.15, 0.2) is 5.65 Å². The number of fused-ring (bicyclic) bond motifs is 1. The van der Waals surface area contributed by atoms with Gasteiger partial charge in [-0.3, -0.25) is 13.9 Å². The lowest BCUT2D eigenvalue weighted by Gasteiger charge is -2.24. The average molecular weight is 901 g/mol. The number of aromatic amines is 1. The highest BCUT2D eigenvalue weighted by molar-refractivity contribution is 5.87. The van der Waals surface area contributed by atoms with Crippen molar-refractivity contribution >= 4 is 23.2 Å². The number of imidazole rings is 1. The smallest absolute Gasteiger partial charge is 0.332 e. The van der Waals surface area contributed by atoms with Crippen molar-refractivity contribution in [1.29, 1.82) is 0 Å². The minimum Gasteiger partial charge on any atom is -0.460 e. The molecule has 2 aromatic heterocycles. The van der Waals surface area contributed by atoms with Crippen LogP contribution in [-0.4, -0.2) is 151 Å². The second kappa shape index (κ2) is 31.2. The van der Waals surface area contributed by atoms with E-state index < -0.39 is 5.97 Å². The molecule has 2 aliphatic rings. The van der Waals surface area contributed by atoms with Gasteiger partial charge >= 0.3 is 11.7 Å². The van der Waals surface area contributed by atoms with Crippen molar-refractivity contribution in [1.82, 2.24) is 19.1 Å². The van der Waals surface area contributed by atoms with E-state index in [1.807, 2.05) is 24.3 Å². The summed E-state index contributed by atoms with van der Waals surface area (Å²) in [6.07, 6.45) is 14.4. The third kappa shape index (κ3) is 19.0. The van der Waals surface area contributed by atoms with Gasteiger partial charge in [-0.1, -0.05) is 62.8 Å². The van der Waals surface area contributed by atoms with Crippen LogP contribution in [0.1, 0.15) is 69.8 Å². The van der Waals surface area contributed by atoms with Gasteiger partial charge in [0, 0.05) is 31.8 Å². The van der Waals surface area contributed by atoms with Crippen LogP contribution in [0, 0.1) is 11.8 Å². The number of ether oxygens (including phenoxy) is 10. The Labute approximate surface area is 377 Å². The highest BCUT2D eigenvalue weighted by atomic mass is 16.6. The fraction of sp³-hybridized carbons (Fsp3) is 0.702. The van der Waals surface area contributed by atoms with E-state index in [4.69, 9.17) is 52.4 Å². The summed E-state index contributed by atoms with van der Waals surface area (Å²) >= 11 is 0. The Kier molecular flexibility index (Phi) is 25.0. The molecule has 2 saturated carbocycles. The van der Waals surface area contributed by atoms with Crippen molar-refractivity contribution in [3.63, 3.8) is 0 Å². The molecule has 0 bridgehead atoms. The monoisotopic (exact) mass is 901 g/mol. The maximum Gasteiger partial charge on any atom is 0.332 e. The van der Waals surface area contributed by atoms with Crippen LogP contribution in [0.3, 0.4) is 0 Å². The number of nitrogens with zero attached hydrogens (tertiary/aromatic N) is 3. The Morgan fingerprint density at radius 3 is 1.47 bits per heavy atom. The molecule has 358 valence electrons. The molecule has 64 heavy (non-hydrogen) atoms. The normalized spacial score (nSPS) is 15.2. The average Bonchev–Trinajstić information content (AvgIpc) is 3.77. The fourth-order valence-corrected chi connectivity index (χ4v) is 7.83. The molecule has 17 nitrogen and oxygen atoms in total. The summed E-state index contributed by atoms with van der Waals surface area (Å²) in [4.78, 5) is 48.1. The van der Waals surface area contributed by atoms with Gasteiger partial charge in [0.1, 0.15) is 17.9 Å². The van der Waals surface area contributed by atoms with Crippen LogP contribution in [0.15, 0.2) is 39.9 Å². The van der Waals surface area contributed by atoms with Gasteiger partial charge < -0.3 is 52.4 Å². The summed E-state index contributed by atoms with van der Waals surface area (Å²) in [6.45, 7) is 9.18. The molecule has 0 radical (unpaired) electrons. The zero-order chi connectivity index (χ0) is 44.9. The molecule has 5 rings (SSSR count).